The summed E-state index contributed by atoms with van der Waals surface area (Å²) in [5, 5.41) is 3.37. The van der Waals surface area contributed by atoms with Crippen molar-refractivity contribution < 1.29 is 14.3 Å². The molecule has 5 saturated carbocycles. The van der Waals surface area contributed by atoms with Crippen molar-refractivity contribution in [2.75, 3.05) is 0 Å². The second kappa shape index (κ2) is 6.09. The Kier molecular flexibility index (Phi) is 4.00. The second-order valence-corrected chi connectivity index (χ2v) is 10.4. The summed E-state index contributed by atoms with van der Waals surface area (Å²) in [5.41, 5.74) is 0.808. The highest BCUT2D eigenvalue weighted by atomic mass is 16.6. The van der Waals surface area contributed by atoms with Gasteiger partial charge in [0.25, 0.3) is 5.91 Å². The molecule has 4 nitrogen and oxygen atoms in total. The summed E-state index contributed by atoms with van der Waals surface area (Å²) in [6, 6.07) is 0.176. The van der Waals surface area contributed by atoms with Gasteiger partial charge in [0.15, 0.2) is 0 Å². The van der Waals surface area contributed by atoms with Crippen LogP contribution >= 0.6 is 0 Å². The highest BCUT2D eigenvalue weighted by molar-refractivity contribution is 6.07. The Bertz CT molecular complexity index is 665. The Morgan fingerprint density at radius 1 is 1.04 bits per heavy atom. The molecule has 4 bridgehead atoms. The first-order valence-corrected chi connectivity index (χ1v) is 11.2. The van der Waals surface area contributed by atoms with Crippen LogP contribution in [-0.4, -0.2) is 23.5 Å². The van der Waals surface area contributed by atoms with Crippen molar-refractivity contribution in [2.24, 2.45) is 23.2 Å². The third-order valence-corrected chi connectivity index (χ3v) is 8.66. The summed E-state index contributed by atoms with van der Waals surface area (Å²) in [4.78, 5) is 25.7. The first-order valence-electron chi connectivity index (χ1n) is 11.2. The van der Waals surface area contributed by atoms with Gasteiger partial charge in [0.2, 0.25) is 0 Å². The number of carbonyl (C=O) groups excluding carboxylic acids is 2. The van der Waals surface area contributed by atoms with Gasteiger partial charge in [-0.25, -0.2) is 4.79 Å². The maximum atomic E-state index is 13.4. The molecule has 1 N–H and O–H groups in total. The molecule has 1 aliphatic heterocycles. The molecule has 1 amide bonds. The molecule has 0 aromatic rings. The molecule has 6 aliphatic rings. The molecule has 4 heteroatoms. The van der Waals surface area contributed by atoms with E-state index in [0.717, 1.165) is 49.9 Å². The molecule has 27 heavy (non-hydrogen) atoms. The Labute approximate surface area is 162 Å². The van der Waals surface area contributed by atoms with Gasteiger partial charge >= 0.3 is 5.97 Å². The highest BCUT2D eigenvalue weighted by Crippen LogP contribution is 2.61. The lowest BCUT2D eigenvalue weighted by Crippen LogP contribution is -2.56. The summed E-state index contributed by atoms with van der Waals surface area (Å²) in [5.74, 6) is 2.29. The van der Waals surface area contributed by atoms with Crippen LogP contribution in [0.3, 0.4) is 0 Å². The Morgan fingerprint density at radius 3 is 2.15 bits per heavy atom. The highest BCUT2D eigenvalue weighted by Gasteiger charge is 2.55. The smallest absolute Gasteiger partial charge is 0.335 e. The third-order valence-electron chi connectivity index (χ3n) is 8.66. The van der Waals surface area contributed by atoms with Crippen molar-refractivity contribution in [3.8, 4) is 0 Å². The molecule has 1 atom stereocenters. The van der Waals surface area contributed by atoms with Crippen LogP contribution < -0.4 is 5.32 Å². The van der Waals surface area contributed by atoms with E-state index in [2.05, 4.69) is 12.2 Å². The van der Waals surface area contributed by atoms with Crippen LogP contribution in [0, 0.1) is 23.2 Å². The molecular formula is C23H33NO3. The molecule has 0 aromatic heterocycles. The molecule has 0 aromatic carbocycles. The quantitative estimate of drug-likeness (QED) is 0.753. The zero-order valence-electron chi connectivity index (χ0n) is 16.8. The average molecular weight is 372 g/mol. The SMILES string of the molecule is CC1=C(C(=O)NC(C)C23CC4CC(CC(C4)C2)C3)C2(CCCCC2)OC1=O. The number of ether oxygens (including phenoxy) is 1. The van der Waals surface area contributed by atoms with Gasteiger partial charge < -0.3 is 10.1 Å². The number of hydrogen-bond donors (Lipinski definition) is 1. The molecular weight excluding hydrogens is 338 g/mol. The molecule has 1 spiro atoms. The van der Waals surface area contributed by atoms with Crippen LogP contribution in [0.1, 0.15) is 84.5 Å². The largest absolute Gasteiger partial charge is 0.451 e. The molecule has 1 heterocycles. The summed E-state index contributed by atoms with van der Waals surface area (Å²) in [7, 11) is 0. The Balaban J connectivity index is 1.37. The Hall–Kier alpha value is -1.32. The van der Waals surface area contributed by atoms with Gasteiger partial charge in [0, 0.05) is 11.6 Å². The van der Waals surface area contributed by atoms with E-state index >= 15 is 0 Å². The van der Waals surface area contributed by atoms with Crippen molar-refractivity contribution in [1.82, 2.24) is 5.32 Å². The molecule has 0 saturated heterocycles. The van der Waals surface area contributed by atoms with Gasteiger partial charge in [-0.3, -0.25) is 4.79 Å². The van der Waals surface area contributed by atoms with Gasteiger partial charge in [0.05, 0.1) is 5.57 Å². The van der Waals surface area contributed by atoms with E-state index in [9.17, 15) is 9.59 Å². The summed E-state index contributed by atoms with van der Waals surface area (Å²) >= 11 is 0. The maximum absolute atomic E-state index is 13.4. The third kappa shape index (κ3) is 2.69. The van der Waals surface area contributed by atoms with Gasteiger partial charge in [-0.2, -0.15) is 0 Å². The number of esters is 1. The first kappa shape index (κ1) is 17.8. The van der Waals surface area contributed by atoms with E-state index in [-0.39, 0.29) is 23.3 Å². The van der Waals surface area contributed by atoms with E-state index in [0.29, 0.717) is 11.1 Å². The molecule has 1 unspecified atom stereocenters. The average Bonchev–Trinajstić information content (AvgIpc) is 2.84. The number of rotatable bonds is 3. The minimum absolute atomic E-state index is 0.0384. The monoisotopic (exact) mass is 371 g/mol. The van der Waals surface area contributed by atoms with Crippen molar-refractivity contribution in [3.63, 3.8) is 0 Å². The van der Waals surface area contributed by atoms with Crippen molar-refractivity contribution in [3.05, 3.63) is 11.1 Å². The van der Waals surface area contributed by atoms with Crippen LogP contribution in [0.5, 0.6) is 0 Å². The van der Waals surface area contributed by atoms with Crippen LogP contribution in [0.2, 0.25) is 0 Å². The van der Waals surface area contributed by atoms with E-state index in [1.165, 1.54) is 38.5 Å². The molecule has 0 radical (unpaired) electrons. The number of carbonyl (C=O) groups is 2. The predicted molar refractivity (Wildman–Crippen MR) is 103 cm³/mol. The molecule has 6 rings (SSSR count). The van der Waals surface area contributed by atoms with Gasteiger partial charge in [-0.15, -0.1) is 0 Å². The topological polar surface area (TPSA) is 55.4 Å². The lowest BCUT2D eigenvalue weighted by molar-refractivity contribution is -0.149. The standard InChI is InChI=1S/C23H33NO3/c1-14-19(23(27-21(14)26)6-4-3-5-7-23)20(25)24-15(2)22-11-16-8-17(12-22)10-18(9-16)13-22/h15-18H,3-13H2,1-2H3,(H,24,25). The summed E-state index contributed by atoms with van der Waals surface area (Å²) in [6.07, 6.45) is 12.9. The molecule has 5 fully saturated rings. The first-order chi connectivity index (χ1) is 12.9. The van der Waals surface area contributed by atoms with Crippen LogP contribution in [0.25, 0.3) is 0 Å². The second-order valence-electron chi connectivity index (χ2n) is 10.4. The minimum Gasteiger partial charge on any atom is -0.451 e. The fourth-order valence-electron chi connectivity index (χ4n) is 7.73. The number of nitrogens with one attached hydrogen (secondary N) is 1. The predicted octanol–water partition coefficient (Wildman–Crippen LogP) is 4.28. The number of hydrogen-bond acceptors (Lipinski definition) is 3. The van der Waals surface area contributed by atoms with Crippen molar-refractivity contribution in [2.45, 2.75) is 96.1 Å². The zero-order chi connectivity index (χ0) is 18.8. The van der Waals surface area contributed by atoms with Gasteiger partial charge in [-0.1, -0.05) is 6.42 Å². The minimum atomic E-state index is -0.648. The lowest BCUT2D eigenvalue weighted by Gasteiger charge is -2.59. The van der Waals surface area contributed by atoms with Crippen LogP contribution in [0.15, 0.2) is 11.1 Å². The van der Waals surface area contributed by atoms with Crippen LogP contribution in [0.4, 0.5) is 0 Å². The number of amides is 1. The van der Waals surface area contributed by atoms with E-state index < -0.39 is 5.60 Å². The fraction of sp³-hybridized carbons (Fsp3) is 0.826. The van der Waals surface area contributed by atoms with E-state index in [1.807, 2.05) is 0 Å². The van der Waals surface area contributed by atoms with Crippen LogP contribution in [-0.2, 0) is 14.3 Å². The maximum Gasteiger partial charge on any atom is 0.335 e. The lowest BCUT2D eigenvalue weighted by atomic mass is 9.48. The van der Waals surface area contributed by atoms with Crippen molar-refractivity contribution in [1.29, 1.82) is 0 Å². The van der Waals surface area contributed by atoms with Crippen molar-refractivity contribution >= 4 is 11.9 Å². The fourth-order valence-corrected chi connectivity index (χ4v) is 7.73. The molecule has 5 aliphatic carbocycles. The van der Waals surface area contributed by atoms with Gasteiger partial charge in [-0.05, 0) is 101 Å². The van der Waals surface area contributed by atoms with Gasteiger partial charge in [0.1, 0.15) is 5.60 Å². The molecule has 148 valence electrons. The normalized spacial score (nSPS) is 40.4. The summed E-state index contributed by atoms with van der Waals surface area (Å²) < 4.78 is 5.79. The van der Waals surface area contributed by atoms with E-state index in [4.69, 9.17) is 4.74 Å². The zero-order valence-corrected chi connectivity index (χ0v) is 16.8. The Morgan fingerprint density at radius 2 is 1.59 bits per heavy atom. The summed E-state index contributed by atoms with van der Waals surface area (Å²) in [6.45, 7) is 3.99. The van der Waals surface area contributed by atoms with E-state index in [1.54, 1.807) is 6.92 Å².